The summed E-state index contributed by atoms with van der Waals surface area (Å²) in [6.45, 7) is 9.16. The smallest absolute Gasteiger partial charge is 0.417 e. The SMILES string of the molecule is CC(C)N(C(=O)c1cc2c(cc1C(F)(F)F)OC(C)(COc1ccccc1)C(=O)N2CCN(Cc1ccccc1)C(=O)OCc1ccccc1)C1CCCCC1.COC(=O)NCCN1C(=O)C(C)(COc2ccccc2)Oc2cc(C(F)(F)F)c(C(=O)N(C(C)C)C3CCCCC3)cc21. The number of methoxy groups -OCH3 is 1. The van der Waals surface area contributed by atoms with Gasteiger partial charge in [0, 0.05) is 56.9 Å². The summed E-state index contributed by atoms with van der Waals surface area (Å²) in [4.78, 5) is 89.2. The number of carbonyl (C=O) groups is 6. The lowest BCUT2D eigenvalue weighted by atomic mass is 9.92. The Hall–Kier alpha value is -9.48. The van der Waals surface area contributed by atoms with E-state index in [2.05, 4.69) is 10.1 Å². The summed E-state index contributed by atoms with van der Waals surface area (Å²) >= 11 is 0. The summed E-state index contributed by atoms with van der Waals surface area (Å²) in [6.07, 6.45) is -2.80. The van der Waals surface area contributed by atoms with Crippen LogP contribution in [0.15, 0.2) is 146 Å². The van der Waals surface area contributed by atoms with Crippen LogP contribution in [-0.4, -0.2) is 132 Å². The quantitative estimate of drug-likeness (QED) is 0.0635. The second-order valence-corrected chi connectivity index (χ2v) is 26.1. The molecule has 6 aromatic carbocycles. The van der Waals surface area contributed by atoms with Crippen molar-refractivity contribution < 1.29 is 83.5 Å². The molecule has 2 unspecified atom stereocenters. The van der Waals surface area contributed by atoms with E-state index in [1.807, 2.05) is 60.7 Å². The Bertz CT molecular complexity index is 3740. The molecule has 1 N–H and O–H groups in total. The molecule has 0 saturated heterocycles. The maximum Gasteiger partial charge on any atom is 0.417 e. The van der Waals surface area contributed by atoms with Crippen LogP contribution in [-0.2, 0) is 44.6 Å². The molecule has 6 aromatic rings. The Morgan fingerprint density at radius 2 is 0.960 bits per heavy atom. The van der Waals surface area contributed by atoms with Gasteiger partial charge in [-0.2, -0.15) is 26.3 Å². The maximum atomic E-state index is 15.0. The van der Waals surface area contributed by atoms with Gasteiger partial charge in [-0.05, 0) is 127 Å². The molecule has 530 valence electrons. The Balaban J connectivity index is 0.000000240. The number of para-hydroxylation sites is 2. The maximum absolute atomic E-state index is 15.0. The van der Waals surface area contributed by atoms with Gasteiger partial charge in [0.05, 0.1) is 40.7 Å². The number of carbonyl (C=O) groups excluding carboxylic acids is 6. The summed E-state index contributed by atoms with van der Waals surface area (Å²) < 4.78 is 123. The number of fused-ring (bicyclic) bond motifs is 2. The van der Waals surface area contributed by atoms with Gasteiger partial charge in [-0.1, -0.05) is 136 Å². The largest absolute Gasteiger partial charge is 0.489 e. The predicted octanol–water partition coefficient (Wildman–Crippen LogP) is 15.1. The number of hydrogen-bond acceptors (Lipinski definition) is 12. The van der Waals surface area contributed by atoms with Gasteiger partial charge in [0.2, 0.25) is 11.2 Å². The van der Waals surface area contributed by atoms with Crippen LogP contribution in [0.4, 0.5) is 47.3 Å². The molecule has 6 amide bonds. The zero-order valence-electron chi connectivity index (χ0n) is 56.8. The molecule has 2 atom stereocenters. The van der Waals surface area contributed by atoms with Crippen LogP contribution in [0.5, 0.6) is 23.0 Å². The summed E-state index contributed by atoms with van der Waals surface area (Å²) in [5, 5.41) is 2.48. The molecule has 0 aromatic heterocycles. The molecule has 2 fully saturated rings. The van der Waals surface area contributed by atoms with Crippen molar-refractivity contribution in [3.8, 4) is 23.0 Å². The van der Waals surface area contributed by atoms with E-state index >= 15 is 0 Å². The number of alkyl carbamates (subject to hydrolysis) is 1. The van der Waals surface area contributed by atoms with Gasteiger partial charge in [-0.25, -0.2) is 9.59 Å². The van der Waals surface area contributed by atoms with E-state index in [9.17, 15) is 55.1 Å². The standard InChI is InChI=1S/C44H48F3N3O6.C31H38F3N3O6/c1-31(2)50(34-20-12-6-13-21-34)40(51)36-26-38-39(27-37(36)44(45,46)47)56-43(3,30-55-35-22-14-7-15-23-35)41(52)49(38)25-24-48(28-32-16-8-4-9-17-32)42(53)54-29-33-18-10-5-11-19-33;1-20(2)37(21-11-7-5-8-12-21)27(38)23-17-25-26(18-24(23)31(32,33)34)43-30(3,19-42-22-13-9-6-10-14-22)28(39)36(25)16-15-35-29(40)41-4/h4-5,7-11,14-19,22-23,26-27,31,34H,6,12-13,20-21,24-25,28-30H2,1-3H3;6,9-10,13-14,17-18,20-21H,5,7-8,11-12,15-16,19H2,1-4H3,(H,35,40). The third-order valence-corrected chi connectivity index (χ3v) is 18.0. The molecule has 4 aliphatic rings. The lowest BCUT2D eigenvalue weighted by Gasteiger charge is -2.42. The van der Waals surface area contributed by atoms with Crippen LogP contribution >= 0.6 is 0 Å². The molecule has 2 aliphatic carbocycles. The van der Waals surface area contributed by atoms with Gasteiger partial charge in [-0.15, -0.1) is 0 Å². The first-order valence-electron chi connectivity index (χ1n) is 33.5. The highest BCUT2D eigenvalue weighted by Gasteiger charge is 2.51. The summed E-state index contributed by atoms with van der Waals surface area (Å²) in [7, 11) is 1.19. The van der Waals surface area contributed by atoms with E-state index in [1.54, 1.807) is 93.3 Å². The average Bonchev–Trinajstić information content (AvgIpc) is 0.747. The summed E-state index contributed by atoms with van der Waals surface area (Å²) in [6, 6.07) is 38.5. The summed E-state index contributed by atoms with van der Waals surface area (Å²) in [5.41, 5.74) is -5.33. The molecule has 2 aliphatic heterocycles. The fourth-order valence-electron chi connectivity index (χ4n) is 13.1. The summed E-state index contributed by atoms with van der Waals surface area (Å²) in [5.74, 6) is -2.30. The number of benzene rings is 6. The van der Waals surface area contributed by atoms with Crippen LogP contribution < -0.4 is 34.1 Å². The van der Waals surface area contributed by atoms with Crippen LogP contribution in [0.2, 0.25) is 0 Å². The number of amides is 6. The van der Waals surface area contributed by atoms with Crippen molar-refractivity contribution in [2.24, 2.45) is 0 Å². The van der Waals surface area contributed by atoms with Gasteiger partial charge in [-0.3, -0.25) is 19.2 Å². The van der Waals surface area contributed by atoms with E-state index in [-0.39, 0.29) is 99.6 Å². The van der Waals surface area contributed by atoms with Gasteiger partial charge < -0.3 is 58.2 Å². The van der Waals surface area contributed by atoms with E-state index in [0.29, 0.717) is 37.2 Å². The highest BCUT2D eigenvalue weighted by Crippen LogP contribution is 2.47. The van der Waals surface area contributed by atoms with Crippen LogP contribution in [0.3, 0.4) is 0 Å². The number of nitrogens with one attached hydrogen (secondary N) is 1. The van der Waals surface area contributed by atoms with Crippen molar-refractivity contribution in [3.05, 3.63) is 179 Å². The molecule has 10 rings (SSSR count). The number of anilines is 2. The zero-order chi connectivity index (χ0) is 71.2. The average molecular weight is 1380 g/mol. The second-order valence-electron chi connectivity index (χ2n) is 26.1. The molecule has 0 spiro atoms. The third-order valence-electron chi connectivity index (χ3n) is 18.0. The van der Waals surface area contributed by atoms with E-state index < -0.39 is 81.6 Å². The number of ether oxygens (including phenoxy) is 6. The fourth-order valence-corrected chi connectivity index (χ4v) is 13.1. The Labute approximate surface area is 573 Å². The molecule has 2 heterocycles. The minimum atomic E-state index is -4.92. The molecule has 18 nitrogen and oxygen atoms in total. The molecular weight excluding hydrogens is 1290 g/mol. The number of alkyl halides is 6. The first-order valence-corrected chi connectivity index (χ1v) is 33.5. The topological polar surface area (TPSA) is 186 Å². The van der Waals surface area contributed by atoms with Crippen molar-refractivity contribution in [1.29, 1.82) is 0 Å². The van der Waals surface area contributed by atoms with E-state index in [1.165, 1.54) is 40.6 Å². The van der Waals surface area contributed by atoms with Crippen molar-refractivity contribution in [2.75, 3.05) is 56.3 Å². The van der Waals surface area contributed by atoms with Gasteiger partial charge >= 0.3 is 24.5 Å². The molecule has 2 saturated carbocycles. The van der Waals surface area contributed by atoms with Crippen LogP contribution in [0, 0.1) is 0 Å². The second kappa shape index (κ2) is 32.5. The minimum Gasteiger partial charge on any atom is -0.489 e. The number of hydrogen-bond donors (Lipinski definition) is 1. The number of halogens is 6. The Morgan fingerprint density at radius 1 is 0.566 bits per heavy atom. The predicted molar refractivity (Wildman–Crippen MR) is 360 cm³/mol. The first-order chi connectivity index (χ1) is 47.2. The normalized spacial score (nSPS) is 18.0. The van der Waals surface area contributed by atoms with Gasteiger partial charge in [0.25, 0.3) is 23.6 Å². The lowest BCUT2D eigenvalue weighted by molar-refractivity contribution is -0.140. The highest BCUT2D eigenvalue weighted by molar-refractivity contribution is 6.07. The molecule has 0 bridgehead atoms. The fraction of sp³-hybridized carbons (Fsp3) is 0.440. The monoisotopic (exact) mass is 1380 g/mol. The Kier molecular flexibility index (Phi) is 24.2. The van der Waals surface area contributed by atoms with Crippen molar-refractivity contribution >= 4 is 47.2 Å². The van der Waals surface area contributed by atoms with Gasteiger partial charge in [0.15, 0.2) is 0 Å². The van der Waals surface area contributed by atoms with Crippen molar-refractivity contribution in [2.45, 2.75) is 167 Å². The third kappa shape index (κ3) is 18.3. The first kappa shape index (κ1) is 73.8. The molecule has 99 heavy (non-hydrogen) atoms. The van der Waals surface area contributed by atoms with Crippen LogP contribution in [0.25, 0.3) is 0 Å². The Morgan fingerprint density at radius 3 is 1.35 bits per heavy atom. The molecule has 24 heteroatoms. The van der Waals surface area contributed by atoms with Gasteiger partial charge in [0.1, 0.15) is 42.8 Å². The van der Waals surface area contributed by atoms with Crippen LogP contribution in [0.1, 0.15) is 149 Å². The van der Waals surface area contributed by atoms with E-state index in [0.717, 1.165) is 73.9 Å². The zero-order valence-corrected chi connectivity index (χ0v) is 56.8. The van der Waals surface area contributed by atoms with Crippen molar-refractivity contribution in [1.82, 2.24) is 20.0 Å². The molecule has 0 radical (unpaired) electrons. The lowest BCUT2D eigenvalue weighted by Crippen LogP contribution is -2.59. The van der Waals surface area contributed by atoms with Crippen molar-refractivity contribution in [3.63, 3.8) is 0 Å². The highest BCUT2D eigenvalue weighted by atomic mass is 19.4. The molecular formula is C75H86F6N6O12. The number of rotatable bonds is 22. The minimum absolute atomic E-state index is 0.00227. The number of nitrogens with zero attached hydrogens (tertiary/aromatic N) is 5. The van der Waals surface area contributed by atoms with E-state index in [4.69, 9.17) is 23.7 Å².